The third-order valence-electron chi connectivity index (χ3n) is 3.25. The van der Waals surface area contributed by atoms with Crippen molar-refractivity contribution in [2.45, 2.75) is 71.3 Å². The van der Waals surface area contributed by atoms with Crippen LogP contribution in [0.3, 0.4) is 0 Å². The Morgan fingerprint density at radius 3 is 1.83 bits per heavy atom. The molecule has 1 aromatic heterocycles. The molecule has 0 fully saturated rings. The molecule has 8 heteroatoms. The number of nitrogens with zero attached hydrogens (tertiary/aromatic N) is 1. The van der Waals surface area contributed by atoms with Crippen LogP contribution in [0.1, 0.15) is 56.6 Å². The number of aryl methyl sites for hydroxylation is 3. The third kappa shape index (κ3) is 10.6. The van der Waals surface area contributed by atoms with Crippen molar-refractivity contribution >= 4 is 10.1 Å². The quantitative estimate of drug-likeness (QED) is 0.316. The van der Waals surface area contributed by atoms with Crippen molar-refractivity contribution < 1.29 is 30.7 Å². The van der Waals surface area contributed by atoms with Gasteiger partial charge in [-0.25, -0.2) is 13.0 Å². The van der Waals surface area contributed by atoms with Gasteiger partial charge in [0.15, 0.2) is 22.5 Å². The molecular weight excluding hydrogens is 343 g/mol. The fourth-order valence-corrected chi connectivity index (χ4v) is 2.20. The number of aromatic nitrogens is 1. The molecule has 140 valence electrons. The van der Waals surface area contributed by atoms with Crippen molar-refractivity contribution in [2.75, 3.05) is 0 Å². The van der Waals surface area contributed by atoms with Crippen molar-refractivity contribution in [3.8, 4) is 0 Å². The van der Waals surface area contributed by atoms with Gasteiger partial charge in [-0.05, 0) is 26.3 Å². The third-order valence-corrected chi connectivity index (χ3v) is 3.81. The maximum absolute atomic E-state index is 10.7. The zero-order chi connectivity index (χ0) is 18.8. The van der Waals surface area contributed by atoms with E-state index >= 15 is 0 Å². The highest BCUT2D eigenvalue weighted by molar-refractivity contribution is 7.86. The van der Waals surface area contributed by atoms with Gasteiger partial charge in [0.05, 0.1) is 0 Å². The van der Waals surface area contributed by atoms with Crippen LogP contribution in [0.15, 0.2) is 18.5 Å². The summed E-state index contributed by atoms with van der Waals surface area (Å²) in [6.07, 6.45) is 12.7. The summed E-state index contributed by atoms with van der Waals surface area (Å²) >= 11 is 0. The van der Waals surface area contributed by atoms with Crippen molar-refractivity contribution in [1.29, 1.82) is 0 Å². The molecule has 1 rings (SSSR count). The fourth-order valence-electron chi connectivity index (χ4n) is 2.20. The molecule has 0 spiro atoms. The van der Waals surface area contributed by atoms with Gasteiger partial charge in [0, 0.05) is 17.5 Å². The maximum Gasteiger partial charge on any atom is 0.485 e. The molecule has 0 N–H and O–H groups in total. The molecule has 0 aliphatic carbocycles. The molecule has 24 heavy (non-hydrogen) atoms. The van der Waals surface area contributed by atoms with Gasteiger partial charge in [0.2, 0.25) is 0 Å². The number of pyridine rings is 1. The smallest absolute Gasteiger partial charge is 0.485 e. The number of hydrogen-bond donors (Lipinski definition) is 0. The minimum Gasteiger partial charge on any atom is -0.741 e. The van der Waals surface area contributed by atoms with Crippen LogP contribution in [-0.2, 0) is 16.7 Å². The highest BCUT2D eigenvalue weighted by Gasteiger charge is 2.36. The summed E-state index contributed by atoms with van der Waals surface area (Å²) in [6.45, 7) is 7.79. The molecule has 1 aromatic rings. The van der Waals surface area contributed by atoms with Gasteiger partial charge in [0.25, 0.3) is 0 Å². The Hall–Kier alpha value is -1.15. The van der Waals surface area contributed by atoms with E-state index in [0.717, 1.165) is 0 Å². The van der Waals surface area contributed by atoms with Crippen molar-refractivity contribution in [3.63, 3.8) is 0 Å². The van der Waals surface area contributed by atoms with E-state index in [-0.39, 0.29) is 0 Å². The predicted molar refractivity (Wildman–Crippen MR) is 85.2 cm³/mol. The van der Waals surface area contributed by atoms with Crippen molar-refractivity contribution in [3.05, 3.63) is 29.6 Å². The second-order valence-electron chi connectivity index (χ2n) is 5.80. The van der Waals surface area contributed by atoms with Crippen LogP contribution in [0.25, 0.3) is 0 Å². The summed E-state index contributed by atoms with van der Waals surface area (Å²) in [6, 6.07) is 2.23. The molecule has 0 aliphatic rings. The Bertz CT molecular complexity index is 566. The summed E-state index contributed by atoms with van der Waals surface area (Å²) in [4.78, 5) is 0. The Morgan fingerprint density at radius 1 is 1.00 bits per heavy atom. The first-order valence-electron chi connectivity index (χ1n) is 7.97. The molecule has 0 aliphatic heterocycles. The molecule has 0 saturated carbocycles. The lowest BCUT2D eigenvalue weighted by atomic mass is 10.1. The molecule has 0 radical (unpaired) electrons. The van der Waals surface area contributed by atoms with E-state index in [1.807, 2.05) is 0 Å². The summed E-state index contributed by atoms with van der Waals surface area (Å²) in [7, 11) is -6.09. The number of unbranched alkanes of at least 4 members (excludes halogenated alkanes) is 5. The molecule has 0 amide bonds. The first-order valence-corrected chi connectivity index (χ1v) is 9.37. The van der Waals surface area contributed by atoms with Gasteiger partial charge in [-0.1, -0.05) is 32.6 Å². The maximum atomic E-state index is 10.7. The zero-order valence-electron chi connectivity index (χ0n) is 14.4. The highest BCUT2D eigenvalue weighted by atomic mass is 32.2. The van der Waals surface area contributed by atoms with Gasteiger partial charge in [0.1, 0.15) is 6.54 Å². The first-order chi connectivity index (χ1) is 11.0. The molecule has 0 atom stereocenters. The summed E-state index contributed by atoms with van der Waals surface area (Å²) in [5, 5.41) is 0. The first kappa shape index (κ1) is 22.9. The Balaban J connectivity index is 0.000000561. The van der Waals surface area contributed by atoms with Crippen molar-refractivity contribution in [1.82, 2.24) is 0 Å². The second kappa shape index (κ2) is 10.7. The SMILES string of the molecule is CCCCCCCC[n+]1cc(C)cc(C)c1.O=S(=O)([O-])C(F)(F)F. The van der Waals surface area contributed by atoms with Gasteiger partial charge in [-0.2, -0.15) is 13.2 Å². The predicted octanol–water partition coefficient (Wildman–Crippen LogP) is 4.00. The van der Waals surface area contributed by atoms with Gasteiger partial charge in [-0.3, -0.25) is 0 Å². The Labute approximate surface area is 142 Å². The number of hydrogen-bond acceptors (Lipinski definition) is 3. The van der Waals surface area contributed by atoms with Crippen LogP contribution in [-0.4, -0.2) is 18.5 Å². The van der Waals surface area contributed by atoms with Crippen LogP contribution < -0.4 is 4.57 Å². The summed E-state index contributed by atoms with van der Waals surface area (Å²) < 4.78 is 61.2. The molecule has 0 unspecified atom stereocenters. The van der Waals surface area contributed by atoms with E-state index in [2.05, 4.69) is 43.8 Å². The number of rotatable bonds is 7. The van der Waals surface area contributed by atoms with E-state index < -0.39 is 15.6 Å². The standard InChI is InChI=1S/C15H26N.CHF3O3S/c1-4-5-6-7-8-9-10-16-12-14(2)11-15(3)13-16;2-1(3,4)8(5,6)7/h11-13H,4-10H2,1-3H3;(H,5,6,7)/q+1;/p-1. The van der Waals surface area contributed by atoms with Gasteiger partial charge in [-0.15, -0.1) is 0 Å². The van der Waals surface area contributed by atoms with Crippen molar-refractivity contribution in [2.24, 2.45) is 0 Å². The molecule has 0 aromatic carbocycles. The average molecular weight is 369 g/mol. The highest BCUT2D eigenvalue weighted by Crippen LogP contribution is 2.20. The topological polar surface area (TPSA) is 61.1 Å². The zero-order valence-corrected chi connectivity index (χ0v) is 15.2. The van der Waals surface area contributed by atoms with Crippen LogP contribution in [0.2, 0.25) is 0 Å². The average Bonchev–Trinajstić information content (AvgIpc) is 2.40. The minimum absolute atomic E-state index is 1.18. The van der Waals surface area contributed by atoms with E-state index in [0.29, 0.717) is 0 Å². The number of alkyl halides is 3. The fraction of sp³-hybridized carbons (Fsp3) is 0.688. The van der Waals surface area contributed by atoms with Crippen LogP contribution in [0.4, 0.5) is 13.2 Å². The van der Waals surface area contributed by atoms with Crippen LogP contribution in [0.5, 0.6) is 0 Å². The lowest BCUT2D eigenvalue weighted by Gasteiger charge is -2.08. The minimum atomic E-state index is -6.09. The van der Waals surface area contributed by atoms with E-state index in [9.17, 15) is 13.2 Å². The molecule has 1 heterocycles. The van der Waals surface area contributed by atoms with E-state index in [1.165, 1.54) is 56.2 Å². The lowest BCUT2D eigenvalue weighted by molar-refractivity contribution is -0.698. The van der Waals surface area contributed by atoms with Crippen LogP contribution >= 0.6 is 0 Å². The Morgan fingerprint density at radius 2 is 1.42 bits per heavy atom. The van der Waals surface area contributed by atoms with Gasteiger partial charge < -0.3 is 4.55 Å². The molecule has 0 saturated heterocycles. The summed E-state index contributed by atoms with van der Waals surface area (Å²) in [5.41, 5.74) is -2.91. The Kier molecular flexibility index (Phi) is 10.1. The summed E-state index contributed by atoms with van der Waals surface area (Å²) in [5.74, 6) is 0. The second-order valence-corrected chi connectivity index (χ2v) is 7.17. The molecule has 0 bridgehead atoms. The monoisotopic (exact) mass is 369 g/mol. The molecule has 4 nitrogen and oxygen atoms in total. The molecular formula is C16H26F3NO3S. The normalized spacial score (nSPS) is 11.8. The number of halogens is 3. The largest absolute Gasteiger partial charge is 0.741 e. The lowest BCUT2D eigenvalue weighted by Crippen LogP contribution is -2.33. The van der Waals surface area contributed by atoms with Gasteiger partial charge >= 0.3 is 5.51 Å². The van der Waals surface area contributed by atoms with E-state index in [1.54, 1.807) is 0 Å². The van der Waals surface area contributed by atoms with E-state index in [4.69, 9.17) is 13.0 Å². The van der Waals surface area contributed by atoms with Crippen LogP contribution in [0, 0.1) is 13.8 Å².